The van der Waals surface area contributed by atoms with E-state index >= 15 is 0 Å². The van der Waals surface area contributed by atoms with Crippen molar-refractivity contribution < 1.29 is 13.6 Å². The number of furan rings is 1. The van der Waals surface area contributed by atoms with Gasteiger partial charge in [0.2, 0.25) is 11.8 Å². The molecule has 134 valence electrons. The minimum absolute atomic E-state index is 0.246. The van der Waals surface area contributed by atoms with Gasteiger partial charge in [-0.1, -0.05) is 19.1 Å². The Morgan fingerprint density at radius 3 is 2.74 bits per heavy atom. The van der Waals surface area contributed by atoms with E-state index in [1.807, 2.05) is 12.1 Å². The quantitative estimate of drug-likeness (QED) is 0.491. The molecule has 0 aliphatic heterocycles. The highest BCUT2D eigenvalue weighted by Gasteiger charge is 2.09. The molecule has 2 aromatic carbocycles. The second kappa shape index (κ2) is 7.33. The van der Waals surface area contributed by atoms with Crippen LogP contribution in [-0.2, 0) is 11.2 Å². The number of aromatic nitrogens is 1. The molecule has 1 amide bonds. The maximum Gasteiger partial charge on any atom is 0.248 e. The van der Waals surface area contributed by atoms with Crippen molar-refractivity contribution in [2.45, 2.75) is 13.3 Å². The monoisotopic (exact) mass is 358 g/mol. The first-order valence-corrected chi connectivity index (χ1v) is 8.74. The molecule has 4 rings (SSSR count). The Morgan fingerprint density at radius 2 is 2.00 bits per heavy atom. The largest absolute Gasteiger partial charge is 0.465 e. The smallest absolute Gasteiger partial charge is 0.248 e. The maximum absolute atomic E-state index is 12.0. The fourth-order valence-corrected chi connectivity index (χ4v) is 2.74. The van der Waals surface area contributed by atoms with E-state index in [1.165, 1.54) is 11.6 Å². The predicted molar refractivity (Wildman–Crippen MR) is 105 cm³/mol. The van der Waals surface area contributed by atoms with E-state index < -0.39 is 0 Å². The van der Waals surface area contributed by atoms with Crippen LogP contribution in [-0.4, -0.2) is 10.9 Å². The van der Waals surface area contributed by atoms with Gasteiger partial charge >= 0.3 is 0 Å². The number of carbonyl (C=O) groups excluding carboxylic acids is 1. The Balaban J connectivity index is 1.52. The molecule has 5 heteroatoms. The molecule has 0 atom stereocenters. The van der Waals surface area contributed by atoms with Gasteiger partial charge in [0.25, 0.3) is 0 Å². The summed E-state index contributed by atoms with van der Waals surface area (Å²) in [5, 5.41) is 2.81. The molecule has 4 aromatic rings. The lowest BCUT2D eigenvalue weighted by atomic mass is 10.1. The second-order valence-corrected chi connectivity index (χ2v) is 6.09. The van der Waals surface area contributed by atoms with Crippen LogP contribution in [0.5, 0.6) is 0 Å². The minimum atomic E-state index is -0.246. The van der Waals surface area contributed by atoms with Crippen LogP contribution in [0.25, 0.3) is 28.6 Å². The number of anilines is 1. The zero-order valence-corrected chi connectivity index (χ0v) is 14.8. The third-order valence-corrected chi connectivity index (χ3v) is 4.21. The molecule has 2 heterocycles. The normalized spacial score (nSPS) is 11.3. The molecule has 0 bridgehead atoms. The fraction of sp³-hybridized carbons (Fsp3) is 0.0909. The molecule has 5 nitrogen and oxygen atoms in total. The lowest BCUT2D eigenvalue weighted by Gasteiger charge is -2.00. The van der Waals surface area contributed by atoms with E-state index in [1.54, 1.807) is 42.7 Å². The number of carbonyl (C=O) groups is 1. The molecule has 0 spiro atoms. The number of nitrogens with zero attached hydrogens (tertiary/aromatic N) is 1. The van der Waals surface area contributed by atoms with Gasteiger partial charge in [-0.3, -0.25) is 4.79 Å². The van der Waals surface area contributed by atoms with Crippen molar-refractivity contribution in [1.29, 1.82) is 0 Å². The first kappa shape index (κ1) is 16.8. The zero-order chi connectivity index (χ0) is 18.6. The van der Waals surface area contributed by atoms with Gasteiger partial charge in [-0.25, -0.2) is 4.98 Å². The first-order valence-electron chi connectivity index (χ1n) is 8.74. The summed E-state index contributed by atoms with van der Waals surface area (Å²) in [5.74, 6) is 0.939. The molecule has 0 radical (unpaired) electrons. The van der Waals surface area contributed by atoms with Crippen molar-refractivity contribution in [2.75, 3.05) is 5.32 Å². The Kier molecular flexibility index (Phi) is 4.58. The average Bonchev–Trinajstić information content (AvgIpc) is 3.36. The number of aryl methyl sites for hydroxylation is 1. The Morgan fingerprint density at radius 1 is 1.15 bits per heavy atom. The van der Waals surface area contributed by atoms with Gasteiger partial charge in [-0.2, -0.15) is 0 Å². The highest BCUT2D eigenvalue weighted by atomic mass is 16.3. The summed E-state index contributed by atoms with van der Waals surface area (Å²) >= 11 is 0. The summed E-state index contributed by atoms with van der Waals surface area (Å²) in [6, 6.07) is 17.1. The van der Waals surface area contributed by atoms with Crippen molar-refractivity contribution in [1.82, 2.24) is 4.98 Å². The summed E-state index contributed by atoms with van der Waals surface area (Å²) in [6.07, 6.45) is 5.59. The third kappa shape index (κ3) is 3.82. The van der Waals surface area contributed by atoms with Gasteiger partial charge in [-0.05, 0) is 60.5 Å². The van der Waals surface area contributed by atoms with Crippen molar-refractivity contribution in [2.24, 2.45) is 0 Å². The molecule has 1 N–H and O–H groups in total. The van der Waals surface area contributed by atoms with Gasteiger partial charge < -0.3 is 14.2 Å². The Hall–Kier alpha value is -3.60. The van der Waals surface area contributed by atoms with Crippen LogP contribution in [0.15, 0.2) is 75.8 Å². The molecular weight excluding hydrogens is 340 g/mol. The second-order valence-electron chi connectivity index (χ2n) is 6.09. The van der Waals surface area contributed by atoms with E-state index in [-0.39, 0.29) is 5.91 Å². The molecule has 27 heavy (non-hydrogen) atoms. The average molecular weight is 358 g/mol. The molecular formula is C22H18N2O3. The van der Waals surface area contributed by atoms with Crippen LogP contribution in [0.2, 0.25) is 0 Å². The number of hydrogen-bond acceptors (Lipinski definition) is 4. The van der Waals surface area contributed by atoms with Crippen LogP contribution >= 0.6 is 0 Å². The van der Waals surface area contributed by atoms with Gasteiger partial charge in [0.05, 0.1) is 6.26 Å². The molecule has 0 aliphatic carbocycles. The molecule has 0 aliphatic rings. The fourth-order valence-electron chi connectivity index (χ4n) is 2.74. The van der Waals surface area contributed by atoms with Crippen molar-refractivity contribution in [3.8, 4) is 11.5 Å². The number of rotatable bonds is 5. The molecule has 0 saturated carbocycles. The SMILES string of the molecule is CCc1ccc(-c2nc3cc(NC(=O)C=Cc4ccco4)ccc3o2)cc1. The van der Waals surface area contributed by atoms with Crippen molar-refractivity contribution in [3.05, 3.63) is 78.3 Å². The van der Waals surface area contributed by atoms with E-state index in [4.69, 9.17) is 8.83 Å². The van der Waals surface area contributed by atoms with Gasteiger partial charge in [0.1, 0.15) is 11.3 Å². The lowest BCUT2D eigenvalue weighted by Crippen LogP contribution is -2.07. The predicted octanol–water partition coefficient (Wildman–Crippen LogP) is 5.30. The number of hydrogen-bond donors (Lipinski definition) is 1. The zero-order valence-electron chi connectivity index (χ0n) is 14.8. The van der Waals surface area contributed by atoms with Crippen LogP contribution in [0, 0.1) is 0 Å². The van der Waals surface area contributed by atoms with Crippen LogP contribution in [0.1, 0.15) is 18.2 Å². The van der Waals surface area contributed by atoms with Crippen LogP contribution < -0.4 is 5.32 Å². The van der Waals surface area contributed by atoms with E-state index in [9.17, 15) is 4.79 Å². The number of benzene rings is 2. The molecule has 2 aromatic heterocycles. The van der Waals surface area contributed by atoms with Gasteiger partial charge in [0, 0.05) is 17.3 Å². The molecule has 0 fully saturated rings. The number of nitrogens with one attached hydrogen (secondary N) is 1. The topological polar surface area (TPSA) is 68.3 Å². The summed E-state index contributed by atoms with van der Waals surface area (Å²) < 4.78 is 11.0. The standard InChI is InChI=1S/C22H18N2O3/c1-2-15-5-7-16(8-6-15)22-24-19-14-17(9-11-20(19)27-22)23-21(25)12-10-18-4-3-13-26-18/h3-14H,2H2,1H3,(H,23,25). The maximum atomic E-state index is 12.0. The van der Waals surface area contributed by atoms with Crippen molar-refractivity contribution >= 4 is 28.8 Å². The number of oxazole rings is 1. The van der Waals surface area contributed by atoms with E-state index in [0.717, 1.165) is 12.0 Å². The van der Waals surface area contributed by atoms with Crippen molar-refractivity contribution in [3.63, 3.8) is 0 Å². The number of amides is 1. The third-order valence-electron chi connectivity index (χ3n) is 4.21. The molecule has 0 saturated heterocycles. The van der Waals surface area contributed by atoms with Crippen LogP contribution in [0.3, 0.4) is 0 Å². The summed E-state index contributed by atoms with van der Waals surface area (Å²) in [5.41, 5.74) is 4.21. The Labute approximate surface area is 156 Å². The number of fused-ring (bicyclic) bond motifs is 1. The lowest BCUT2D eigenvalue weighted by molar-refractivity contribution is -0.111. The van der Waals surface area contributed by atoms with Crippen LogP contribution in [0.4, 0.5) is 5.69 Å². The summed E-state index contributed by atoms with van der Waals surface area (Å²) in [6.45, 7) is 2.12. The summed E-state index contributed by atoms with van der Waals surface area (Å²) in [7, 11) is 0. The minimum Gasteiger partial charge on any atom is -0.465 e. The highest BCUT2D eigenvalue weighted by Crippen LogP contribution is 2.26. The van der Waals surface area contributed by atoms with E-state index in [2.05, 4.69) is 29.4 Å². The van der Waals surface area contributed by atoms with Gasteiger partial charge in [0.15, 0.2) is 5.58 Å². The van der Waals surface area contributed by atoms with Gasteiger partial charge in [-0.15, -0.1) is 0 Å². The summed E-state index contributed by atoms with van der Waals surface area (Å²) in [4.78, 5) is 16.6. The highest BCUT2D eigenvalue weighted by molar-refractivity contribution is 6.02. The van der Waals surface area contributed by atoms with E-state index in [0.29, 0.717) is 28.4 Å². The molecule has 0 unspecified atom stereocenters. The first-order chi connectivity index (χ1) is 13.2. The Bertz CT molecular complexity index is 1090.